The molecule has 1 amide bonds. The van der Waals surface area contributed by atoms with E-state index in [-0.39, 0.29) is 43.5 Å². The van der Waals surface area contributed by atoms with E-state index in [0.717, 1.165) is 24.8 Å². The minimum atomic E-state index is -0.878. The van der Waals surface area contributed by atoms with Crippen molar-refractivity contribution in [2.24, 2.45) is 62.6 Å². The van der Waals surface area contributed by atoms with Gasteiger partial charge < -0.3 is 20.3 Å². The van der Waals surface area contributed by atoms with Gasteiger partial charge in [0.2, 0.25) is 5.91 Å². The first-order chi connectivity index (χ1) is 21.8. The Bertz CT molecular complexity index is 1420. The highest BCUT2D eigenvalue weighted by Gasteiger charge is 2.71. The summed E-state index contributed by atoms with van der Waals surface area (Å²) >= 11 is 0. The predicted octanol–water partition coefficient (Wildman–Crippen LogP) is 8.81. The minimum Gasteiger partial charge on any atom is -0.633 e. The minimum absolute atomic E-state index is 0.0117. The SMILES string of the molecule is CC(C)[C@@]1(C(=O)NCC[N+](C)(C)[O-])CC[C@@H]2CC[C@]3(C)[C@H](CC[C@@H]4[C@@]5(C)CC=C(c6ccc(C(=O)O)cc6)C(C)(C)[C@@H]5CC[C@]43C)[C@@H]21. The van der Waals surface area contributed by atoms with E-state index in [2.05, 4.69) is 59.9 Å². The third-order valence-electron chi connectivity index (χ3n) is 15.8. The van der Waals surface area contributed by atoms with Gasteiger partial charge in [0.1, 0.15) is 0 Å². The molecule has 4 fully saturated rings. The molecule has 0 radical (unpaired) electrons. The number of benzene rings is 1. The van der Waals surface area contributed by atoms with Gasteiger partial charge in [-0.25, -0.2) is 4.79 Å². The van der Waals surface area contributed by atoms with Crippen LogP contribution in [-0.2, 0) is 4.79 Å². The van der Waals surface area contributed by atoms with Gasteiger partial charge in [0, 0.05) is 0 Å². The zero-order valence-corrected chi connectivity index (χ0v) is 30.7. The molecule has 6 heteroatoms. The molecule has 0 bridgehead atoms. The van der Waals surface area contributed by atoms with Crippen molar-refractivity contribution in [3.05, 3.63) is 46.7 Å². The lowest BCUT2D eigenvalue weighted by molar-refractivity contribution is -0.838. The first-order valence-electron chi connectivity index (χ1n) is 18.7. The van der Waals surface area contributed by atoms with Gasteiger partial charge in [0.25, 0.3) is 0 Å². The normalized spacial score (nSPS) is 40.8. The van der Waals surface area contributed by atoms with Crippen LogP contribution >= 0.6 is 0 Å². The fraction of sp³-hybridized carbons (Fsp3) is 0.756. The monoisotopic (exact) mass is 646 g/mol. The van der Waals surface area contributed by atoms with Crippen LogP contribution in [0, 0.1) is 67.8 Å². The summed E-state index contributed by atoms with van der Waals surface area (Å²) in [4.78, 5) is 25.9. The molecule has 9 atom stereocenters. The van der Waals surface area contributed by atoms with Crippen LogP contribution in [0.3, 0.4) is 0 Å². The molecule has 1 aromatic carbocycles. The Morgan fingerprint density at radius 1 is 0.915 bits per heavy atom. The smallest absolute Gasteiger partial charge is 0.335 e. The van der Waals surface area contributed by atoms with Crippen molar-refractivity contribution in [1.29, 1.82) is 0 Å². The van der Waals surface area contributed by atoms with Crippen molar-refractivity contribution in [3.8, 4) is 0 Å². The Labute approximate surface area is 284 Å². The molecule has 0 saturated heterocycles. The molecule has 0 unspecified atom stereocenters. The van der Waals surface area contributed by atoms with Gasteiger partial charge in [-0.15, -0.1) is 0 Å². The van der Waals surface area contributed by atoms with Crippen LogP contribution < -0.4 is 5.32 Å². The summed E-state index contributed by atoms with van der Waals surface area (Å²) in [6.07, 6.45) is 13.1. The molecular formula is C41H62N2O4. The Morgan fingerprint density at radius 2 is 1.55 bits per heavy atom. The van der Waals surface area contributed by atoms with Gasteiger partial charge in [-0.3, -0.25) is 4.79 Å². The number of carboxylic acids is 1. The van der Waals surface area contributed by atoms with Crippen LogP contribution in [0.5, 0.6) is 0 Å². The number of aromatic carboxylic acids is 1. The Balaban J connectivity index is 1.32. The maximum Gasteiger partial charge on any atom is 0.335 e. The molecule has 2 N–H and O–H groups in total. The number of carbonyl (C=O) groups is 2. The number of hydrogen-bond donors (Lipinski definition) is 2. The molecule has 6 rings (SSSR count). The molecule has 4 saturated carbocycles. The second-order valence-corrected chi connectivity index (χ2v) is 18.7. The number of quaternary nitrogens is 1. The van der Waals surface area contributed by atoms with E-state index in [1.165, 1.54) is 44.1 Å². The van der Waals surface area contributed by atoms with Gasteiger partial charge >= 0.3 is 5.97 Å². The predicted molar refractivity (Wildman–Crippen MR) is 189 cm³/mol. The van der Waals surface area contributed by atoms with E-state index in [9.17, 15) is 19.9 Å². The third kappa shape index (κ3) is 5.08. The number of hydrogen-bond acceptors (Lipinski definition) is 3. The maximum absolute atomic E-state index is 14.3. The van der Waals surface area contributed by atoms with Gasteiger partial charge in [-0.2, -0.15) is 0 Å². The number of fused-ring (bicyclic) bond motifs is 7. The summed E-state index contributed by atoms with van der Waals surface area (Å²) in [5.41, 5.74) is 3.09. The van der Waals surface area contributed by atoms with Gasteiger partial charge in [-0.1, -0.05) is 66.7 Å². The largest absolute Gasteiger partial charge is 0.633 e. The molecule has 260 valence electrons. The highest BCUT2D eigenvalue weighted by atomic mass is 16.5. The summed E-state index contributed by atoms with van der Waals surface area (Å²) < 4.78 is -0.383. The van der Waals surface area contributed by atoms with Crippen LogP contribution in [0.15, 0.2) is 30.3 Å². The zero-order chi connectivity index (χ0) is 34.4. The molecule has 0 aromatic heterocycles. The van der Waals surface area contributed by atoms with Gasteiger partial charge in [-0.05, 0) is 138 Å². The average molecular weight is 647 g/mol. The zero-order valence-electron chi connectivity index (χ0n) is 30.7. The summed E-state index contributed by atoms with van der Waals surface area (Å²) in [6, 6.07) is 7.53. The average Bonchev–Trinajstić information content (AvgIpc) is 3.38. The van der Waals surface area contributed by atoms with Crippen LogP contribution in [-0.4, -0.2) is 48.8 Å². The number of rotatable bonds is 7. The van der Waals surface area contributed by atoms with Crippen molar-refractivity contribution in [2.75, 3.05) is 27.2 Å². The summed E-state index contributed by atoms with van der Waals surface area (Å²) in [7, 11) is 3.30. The van der Waals surface area contributed by atoms with Crippen LogP contribution in [0.4, 0.5) is 0 Å². The summed E-state index contributed by atoms with van der Waals surface area (Å²) in [5, 5.41) is 25.1. The fourth-order valence-corrected chi connectivity index (χ4v) is 13.4. The molecule has 6 nitrogen and oxygen atoms in total. The highest BCUT2D eigenvalue weighted by molar-refractivity contribution is 5.88. The Morgan fingerprint density at radius 3 is 2.17 bits per heavy atom. The number of hydroxylamine groups is 3. The van der Waals surface area contributed by atoms with Crippen molar-refractivity contribution < 1.29 is 19.3 Å². The number of likely N-dealkylation sites (N-methyl/N-ethyl adjacent to an activating group) is 1. The van der Waals surface area contributed by atoms with Crippen LogP contribution in [0.25, 0.3) is 5.57 Å². The van der Waals surface area contributed by atoms with Crippen molar-refractivity contribution in [2.45, 2.75) is 106 Å². The first kappa shape index (κ1) is 34.7. The van der Waals surface area contributed by atoms with Gasteiger partial charge in [0.15, 0.2) is 0 Å². The number of allylic oxidation sites excluding steroid dienone is 2. The van der Waals surface area contributed by atoms with Crippen molar-refractivity contribution in [3.63, 3.8) is 0 Å². The van der Waals surface area contributed by atoms with Crippen molar-refractivity contribution in [1.82, 2.24) is 5.32 Å². The molecule has 0 spiro atoms. The summed E-state index contributed by atoms with van der Waals surface area (Å²) in [6.45, 7) is 18.2. The number of nitrogens with zero attached hydrogens (tertiary/aromatic N) is 1. The second-order valence-electron chi connectivity index (χ2n) is 18.7. The highest BCUT2D eigenvalue weighted by Crippen LogP contribution is 2.77. The topological polar surface area (TPSA) is 89.5 Å². The van der Waals surface area contributed by atoms with E-state index >= 15 is 0 Å². The van der Waals surface area contributed by atoms with E-state index in [1.807, 2.05) is 12.1 Å². The molecule has 47 heavy (non-hydrogen) atoms. The lowest BCUT2D eigenvalue weighted by Gasteiger charge is -2.72. The molecule has 5 aliphatic carbocycles. The Kier molecular flexibility index (Phi) is 8.44. The van der Waals surface area contributed by atoms with E-state index in [4.69, 9.17) is 0 Å². The first-order valence-corrected chi connectivity index (χ1v) is 18.7. The summed E-state index contributed by atoms with van der Waals surface area (Å²) in [5.74, 6) is 2.34. The third-order valence-corrected chi connectivity index (χ3v) is 15.8. The number of amides is 1. The van der Waals surface area contributed by atoms with Crippen LogP contribution in [0.2, 0.25) is 0 Å². The number of carbonyl (C=O) groups excluding carboxylic acids is 1. The van der Waals surface area contributed by atoms with E-state index < -0.39 is 5.97 Å². The molecule has 1 aromatic rings. The van der Waals surface area contributed by atoms with Crippen LogP contribution in [0.1, 0.15) is 122 Å². The maximum atomic E-state index is 14.3. The molecular weight excluding hydrogens is 584 g/mol. The lowest BCUT2D eigenvalue weighted by Crippen LogP contribution is -2.66. The second kappa shape index (κ2) is 11.4. The lowest BCUT2D eigenvalue weighted by atomic mass is 9.32. The fourth-order valence-electron chi connectivity index (χ4n) is 13.4. The quantitative estimate of drug-likeness (QED) is 0.229. The molecule has 5 aliphatic rings. The van der Waals surface area contributed by atoms with E-state index in [1.54, 1.807) is 26.2 Å². The van der Waals surface area contributed by atoms with Crippen molar-refractivity contribution >= 4 is 17.4 Å². The Hall–Kier alpha value is -2.18. The number of nitrogens with one attached hydrogen (secondary N) is 1. The molecule has 0 aliphatic heterocycles. The van der Waals surface area contributed by atoms with Gasteiger partial charge in [0.05, 0.1) is 38.2 Å². The van der Waals surface area contributed by atoms with E-state index in [0.29, 0.717) is 48.2 Å². The molecule has 0 heterocycles. The number of carboxylic acid groups (broad SMARTS) is 1. The standard InChI is InChI=1S/C41H62N2O4/c1-26(2)41(36(46)42-24-25-43(8,9)47)23-17-28-16-21-39(6)31(34(28)41)14-15-33-38(5)20-18-30(27-10-12-29(13-11-27)35(44)45)37(3,4)32(38)19-22-40(33,39)7/h10-13,18,26,28,31-34H,14-17,19-25H2,1-9H3,(H,42,46)(H,44,45)/t28-,31+,32-,33+,34+,38-,39+,40+,41-/m0/s1.